The number of anilines is 2. The first kappa shape index (κ1) is 14.1. The van der Waals surface area contributed by atoms with E-state index < -0.39 is 0 Å². The molecule has 1 aromatic carbocycles. The van der Waals surface area contributed by atoms with Crippen LogP contribution in [-0.2, 0) is 0 Å². The highest BCUT2D eigenvalue weighted by Gasteiger charge is 2.13. The molecule has 1 heterocycles. The van der Waals surface area contributed by atoms with Gasteiger partial charge in [0.15, 0.2) is 0 Å². The molecule has 1 aliphatic rings. The molecule has 0 bridgehead atoms. The number of rotatable bonds is 2. The number of benzene rings is 1. The smallest absolute Gasteiger partial charge is 0.0605 e. The topological polar surface area (TPSA) is 15.3 Å². The van der Waals surface area contributed by atoms with Crippen LogP contribution in [0.25, 0.3) is 0 Å². The first-order valence-corrected chi connectivity index (χ1v) is 4.60. The summed E-state index contributed by atoms with van der Waals surface area (Å²) in [7, 11) is 0. The molecule has 0 unspecified atom stereocenters. The molecule has 84 valence electrons. The summed E-state index contributed by atoms with van der Waals surface area (Å²) in [6.45, 7) is 6.77. The van der Waals surface area contributed by atoms with E-state index in [1.807, 2.05) is 6.08 Å². The number of hydrogen-bond donors (Lipinski definition) is 1. The van der Waals surface area contributed by atoms with E-state index in [0.717, 1.165) is 19.6 Å². The molecular formula is C11H16Cl2N2. The van der Waals surface area contributed by atoms with Gasteiger partial charge in [-0.2, -0.15) is 0 Å². The molecule has 0 saturated heterocycles. The monoisotopic (exact) mass is 246 g/mol. The molecule has 1 aromatic rings. The second-order valence-corrected chi connectivity index (χ2v) is 3.18. The lowest BCUT2D eigenvalue weighted by atomic mass is 10.2. The van der Waals surface area contributed by atoms with Crippen molar-refractivity contribution in [1.29, 1.82) is 0 Å². The first-order valence-electron chi connectivity index (χ1n) is 4.60. The molecule has 15 heavy (non-hydrogen) atoms. The molecule has 2 nitrogen and oxygen atoms in total. The van der Waals surface area contributed by atoms with E-state index in [0.29, 0.717) is 0 Å². The summed E-state index contributed by atoms with van der Waals surface area (Å²) in [6, 6.07) is 8.39. The maximum Gasteiger partial charge on any atom is 0.0605 e. The molecule has 2 rings (SSSR count). The summed E-state index contributed by atoms with van der Waals surface area (Å²) in [6.07, 6.45) is 1.95. The van der Waals surface area contributed by atoms with Crippen molar-refractivity contribution >= 4 is 36.2 Å². The van der Waals surface area contributed by atoms with Gasteiger partial charge in [0.2, 0.25) is 0 Å². The Labute approximate surface area is 103 Å². The SMILES string of the molecule is C=CCN1CCNc2ccccc21.Cl.Cl. The van der Waals surface area contributed by atoms with Crippen LogP contribution in [0.4, 0.5) is 11.4 Å². The molecule has 0 radical (unpaired) electrons. The van der Waals surface area contributed by atoms with E-state index in [1.165, 1.54) is 11.4 Å². The van der Waals surface area contributed by atoms with Gasteiger partial charge in [-0.15, -0.1) is 31.4 Å². The Balaban J connectivity index is 0.000000980. The predicted molar refractivity (Wildman–Crippen MR) is 71.8 cm³/mol. The zero-order chi connectivity index (χ0) is 9.10. The van der Waals surface area contributed by atoms with Crippen molar-refractivity contribution in [2.24, 2.45) is 0 Å². The average molecular weight is 247 g/mol. The normalized spacial score (nSPS) is 12.7. The molecule has 0 spiro atoms. The molecule has 0 saturated carbocycles. The quantitative estimate of drug-likeness (QED) is 0.808. The molecule has 0 atom stereocenters. The molecule has 0 aromatic heterocycles. The lowest BCUT2D eigenvalue weighted by molar-refractivity contribution is 0.844. The van der Waals surface area contributed by atoms with Crippen LogP contribution >= 0.6 is 24.8 Å². The van der Waals surface area contributed by atoms with Crippen molar-refractivity contribution in [3.8, 4) is 0 Å². The Morgan fingerprint density at radius 1 is 1.33 bits per heavy atom. The fourth-order valence-corrected chi connectivity index (χ4v) is 1.69. The van der Waals surface area contributed by atoms with Gasteiger partial charge in [0.1, 0.15) is 0 Å². The number of hydrogen-bond acceptors (Lipinski definition) is 2. The van der Waals surface area contributed by atoms with Gasteiger partial charge in [-0.25, -0.2) is 0 Å². The Kier molecular flexibility index (Phi) is 6.21. The summed E-state index contributed by atoms with van der Waals surface area (Å²) in [4.78, 5) is 2.33. The number of fused-ring (bicyclic) bond motifs is 1. The molecule has 1 N–H and O–H groups in total. The highest BCUT2D eigenvalue weighted by atomic mass is 35.5. The fourth-order valence-electron chi connectivity index (χ4n) is 1.69. The van der Waals surface area contributed by atoms with Crippen molar-refractivity contribution in [3.05, 3.63) is 36.9 Å². The van der Waals surface area contributed by atoms with E-state index >= 15 is 0 Å². The minimum atomic E-state index is 0. The van der Waals surface area contributed by atoms with Gasteiger partial charge >= 0.3 is 0 Å². The molecule has 0 fully saturated rings. The maximum atomic E-state index is 3.77. The molecule has 1 aliphatic heterocycles. The maximum absolute atomic E-state index is 3.77. The largest absolute Gasteiger partial charge is 0.382 e. The summed E-state index contributed by atoms with van der Waals surface area (Å²) in [5.41, 5.74) is 2.52. The van der Waals surface area contributed by atoms with Crippen molar-refractivity contribution in [1.82, 2.24) is 0 Å². The van der Waals surface area contributed by atoms with Crippen molar-refractivity contribution in [2.75, 3.05) is 29.9 Å². The van der Waals surface area contributed by atoms with Crippen LogP contribution in [0.5, 0.6) is 0 Å². The minimum Gasteiger partial charge on any atom is -0.382 e. The Bertz CT molecular complexity index is 315. The standard InChI is InChI=1S/C11H14N2.2ClH/c1-2-8-13-9-7-12-10-5-3-4-6-11(10)13;;/h2-6,12H,1,7-9H2;2*1H. The Morgan fingerprint density at radius 3 is 2.80 bits per heavy atom. The van der Waals surface area contributed by atoms with Gasteiger partial charge in [-0.1, -0.05) is 18.2 Å². The van der Waals surface area contributed by atoms with E-state index in [1.54, 1.807) is 0 Å². The van der Waals surface area contributed by atoms with Crippen LogP contribution in [0.1, 0.15) is 0 Å². The number of para-hydroxylation sites is 2. The van der Waals surface area contributed by atoms with Crippen LogP contribution in [-0.4, -0.2) is 19.6 Å². The minimum absolute atomic E-state index is 0. The zero-order valence-electron chi connectivity index (χ0n) is 8.48. The lowest BCUT2D eigenvalue weighted by Crippen LogP contribution is -2.33. The van der Waals surface area contributed by atoms with Gasteiger partial charge in [0, 0.05) is 19.6 Å². The second kappa shape index (κ2) is 6.59. The van der Waals surface area contributed by atoms with Crippen molar-refractivity contribution in [3.63, 3.8) is 0 Å². The van der Waals surface area contributed by atoms with Crippen LogP contribution in [0.2, 0.25) is 0 Å². The zero-order valence-corrected chi connectivity index (χ0v) is 10.1. The summed E-state index contributed by atoms with van der Waals surface area (Å²) in [5, 5.41) is 3.38. The molecule has 4 heteroatoms. The van der Waals surface area contributed by atoms with E-state index in [9.17, 15) is 0 Å². The molecular weight excluding hydrogens is 231 g/mol. The van der Waals surface area contributed by atoms with Gasteiger partial charge in [-0.05, 0) is 12.1 Å². The van der Waals surface area contributed by atoms with E-state index in [2.05, 4.69) is 41.1 Å². The van der Waals surface area contributed by atoms with Crippen molar-refractivity contribution < 1.29 is 0 Å². The van der Waals surface area contributed by atoms with Crippen LogP contribution in [0.15, 0.2) is 36.9 Å². The van der Waals surface area contributed by atoms with Crippen LogP contribution < -0.4 is 10.2 Å². The second-order valence-electron chi connectivity index (χ2n) is 3.18. The summed E-state index contributed by atoms with van der Waals surface area (Å²) < 4.78 is 0. The Hall–Kier alpha value is -0.860. The average Bonchev–Trinajstić information content (AvgIpc) is 2.19. The predicted octanol–water partition coefficient (Wildman–Crippen LogP) is 2.95. The third-order valence-corrected chi connectivity index (χ3v) is 2.29. The summed E-state index contributed by atoms with van der Waals surface area (Å²) in [5.74, 6) is 0. The van der Waals surface area contributed by atoms with Crippen LogP contribution in [0.3, 0.4) is 0 Å². The third kappa shape index (κ3) is 3.05. The third-order valence-electron chi connectivity index (χ3n) is 2.29. The highest BCUT2D eigenvalue weighted by molar-refractivity contribution is 5.85. The number of nitrogens with one attached hydrogen (secondary N) is 1. The van der Waals surface area contributed by atoms with E-state index in [4.69, 9.17) is 0 Å². The van der Waals surface area contributed by atoms with Crippen molar-refractivity contribution in [2.45, 2.75) is 0 Å². The van der Waals surface area contributed by atoms with Gasteiger partial charge < -0.3 is 10.2 Å². The van der Waals surface area contributed by atoms with Gasteiger partial charge in [0.25, 0.3) is 0 Å². The van der Waals surface area contributed by atoms with Crippen LogP contribution in [0, 0.1) is 0 Å². The van der Waals surface area contributed by atoms with Gasteiger partial charge in [-0.3, -0.25) is 0 Å². The fraction of sp³-hybridized carbons (Fsp3) is 0.273. The number of halogens is 2. The van der Waals surface area contributed by atoms with E-state index in [-0.39, 0.29) is 24.8 Å². The lowest BCUT2D eigenvalue weighted by Gasteiger charge is -2.30. The Morgan fingerprint density at radius 2 is 2.07 bits per heavy atom. The number of nitrogens with zero attached hydrogens (tertiary/aromatic N) is 1. The highest BCUT2D eigenvalue weighted by Crippen LogP contribution is 2.27. The molecule has 0 amide bonds. The summed E-state index contributed by atoms with van der Waals surface area (Å²) >= 11 is 0. The molecule has 0 aliphatic carbocycles. The van der Waals surface area contributed by atoms with Gasteiger partial charge in [0.05, 0.1) is 11.4 Å². The first-order chi connectivity index (χ1) is 6.42.